The molecule has 0 unspecified atom stereocenters. The molecule has 78 valence electrons. The monoisotopic (exact) mass is 220 g/mol. The first-order valence-electron chi connectivity index (χ1n) is 5.01. The second-order valence-electron chi connectivity index (χ2n) is 3.84. The van der Waals surface area contributed by atoms with Crippen LogP contribution in [0.2, 0.25) is 0 Å². The first kappa shape index (κ1) is 9.06. The molecule has 1 saturated heterocycles. The van der Waals surface area contributed by atoms with Crippen LogP contribution in [-0.2, 0) is 0 Å². The van der Waals surface area contributed by atoms with E-state index >= 15 is 0 Å². The van der Waals surface area contributed by atoms with Crippen molar-refractivity contribution >= 4 is 27.4 Å². The summed E-state index contributed by atoms with van der Waals surface area (Å²) in [7, 11) is 0. The highest BCUT2D eigenvalue weighted by atomic mass is 32.1. The molecule has 5 heteroatoms. The van der Waals surface area contributed by atoms with Crippen molar-refractivity contribution in [1.82, 2.24) is 9.97 Å². The predicted octanol–water partition coefficient (Wildman–Crippen LogP) is 1.09. The Labute approximate surface area is 91.7 Å². The smallest absolute Gasteiger partial charge is 0.140 e. The van der Waals surface area contributed by atoms with E-state index in [9.17, 15) is 0 Å². The van der Waals surface area contributed by atoms with Crippen molar-refractivity contribution in [1.29, 1.82) is 0 Å². The molecule has 0 aliphatic carbocycles. The summed E-state index contributed by atoms with van der Waals surface area (Å²) in [5, 5.41) is 3.22. The van der Waals surface area contributed by atoms with Gasteiger partial charge in [0.05, 0.1) is 5.39 Å². The highest BCUT2D eigenvalue weighted by Crippen LogP contribution is 2.30. The fourth-order valence-corrected chi connectivity index (χ4v) is 2.65. The third-order valence-corrected chi connectivity index (χ3v) is 3.65. The fourth-order valence-electron chi connectivity index (χ4n) is 1.92. The van der Waals surface area contributed by atoms with Gasteiger partial charge in [-0.05, 0) is 18.0 Å². The Kier molecular flexibility index (Phi) is 2.07. The van der Waals surface area contributed by atoms with E-state index in [2.05, 4.69) is 26.3 Å². The molecule has 0 saturated carbocycles. The number of nitrogens with two attached hydrogens (primary N) is 1. The van der Waals surface area contributed by atoms with E-state index in [0.29, 0.717) is 5.92 Å². The Balaban J connectivity index is 1.95. The largest absolute Gasteiger partial charge is 0.355 e. The van der Waals surface area contributed by atoms with Gasteiger partial charge >= 0.3 is 0 Å². The second-order valence-corrected chi connectivity index (χ2v) is 4.74. The Bertz CT molecular complexity index is 475. The van der Waals surface area contributed by atoms with Crippen LogP contribution in [0.1, 0.15) is 0 Å². The van der Waals surface area contributed by atoms with Crippen molar-refractivity contribution in [2.75, 3.05) is 24.5 Å². The first-order chi connectivity index (χ1) is 7.38. The normalized spacial score (nSPS) is 17.0. The van der Waals surface area contributed by atoms with Crippen molar-refractivity contribution in [3.05, 3.63) is 17.8 Å². The Morgan fingerprint density at radius 2 is 2.33 bits per heavy atom. The molecule has 2 aromatic rings. The minimum absolute atomic E-state index is 0.633. The Hall–Kier alpha value is -1.20. The molecule has 2 aromatic heterocycles. The van der Waals surface area contributed by atoms with E-state index in [1.165, 1.54) is 0 Å². The van der Waals surface area contributed by atoms with Gasteiger partial charge in [-0.3, -0.25) is 0 Å². The summed E-state index contributed by atoms with van der Waals surface area (Å²) in [6.07, 6.45) is 1.64. The average molecular weight is 220 g/mol. The molecule has 0 bridgehead atoms. The number of rotatable bonds is 2. The number of hydrogen-bond donors (Lipinski definition) is 1. The molecule has 0 amide bonds. The number of hydrogen-bond acceptors (Lipinski definition) is 5. The van der Waals surface area contributed by atoms with E-state index in [1.807, 2.05) is 0 Å². The zero-order chi connectivity index (χ0) is 10.3. The quantitative estimate of drug-likeness (QED) is 0.823. The number of aromatic nitrogens is 2. The van der Waals surface area contributed by atoms with Crippen LogP contribution in [0.15, 0.2) is 17.8 Å². The molecule has 0 spiro atoms. The molecule has 3 rings (SSSR count). The zero-order valence-electron chi connectivity index (χ0n) is 8.26. The number of nitrogens with zero attached hydrogens (tertiary/aromatic N) is 3. The van der Waals surface area contributed by atoms with Crippen molar-refractivity contribution in [3.8, 4) is 0 Å². The first-order valence-corrected chi connectivity index (χ1v) is 5.89. The lowest BCUT2D eigenvalue weighted by molar-refractivity contribution is 0.418. The maximum atomic E-state index is 5.61. The maximum Gasteiger partial charge on any atom is 0.140 e. The highest BCUT2D eigenvalue weighted by Gasteiger charge is 2.27. The highest BCUT2D eigenvalue weighted by molar-refractivity contribution is 7.16. The lowest BCUT2D eigenvalue weighted by Crippen LogP contribution is -2.50. The van der Waals surface area contributed by atoms with E-state index < -0.39 is 0 Å². The van der Waals surface area contributed by atoms with E-state index in [-0.39, 0.29) is 0 Å². The van der Waals surface area contributed by atoms with Crippen LogP contribution in [0.25, 0.3) is 10.2 Å². The van der Waals surface area contributed by atoms with Crippen LogP contribution in [0, 0.1) is 5.92 Å². The second kappa shape index (κ2) is 3.43. The van der Waals surface area contributed by atoms with Crippen LogP contribution < -0.4 is 10.6 Å². The van der Waals surface area contributed by atoms with Crippen LogP contribution in [0.3, 0.4) is 0 Å². The molecule has 1 fully saturated rings. The van der Waals surface area contributed by atoms with Gasteiger partial charge in [-0.1, -0.05) is 0 Å². The van der Waals surface area contributed by atoms with Gasteiger partial charge in [0.25, 0.3) is 0 Å². The van der Waals surface area contributed by atoms with Gasteiger partial charge in [0.1, 0.15) is 17.0 Å². The molecule has 2 N–H and O–H groups in total. The van der Waals surface area contributed by atoms with Crippen molar-refractivity contribution in [2.45, 2.75) is 0 Å². The Morgan fingerprint density at radius 3 is 3.13 bits per heavy atom. The molecule has 4 nitrogen and oxygen atoms in total. The SMILES string of the molecule is NCC1CN(c2ncnc3sccc23)C1. The summed E-state index contributed by atoms with van der Waals surface area (Å²) in [5.74, 6) is 1.69. The van der Waals surface area contributed by atoms with Gasteiger partial charge in [0, 0.05) is 19.0 Å². The van der Waals surface area contributed by atoms with Crippen molar-refractivity contribution in [2.24, 2.45) is 11.7 Å². The molecule has 15 heavy (non-hydrogen) atoms. The summed E-state index contributed by atoms with van der Waals surface area (Å²) >= 11 is 1.66. The van der Waals surface area contributed by atoms with Gasteiger partial charge in [0.15, 0.2) is 0 Å². The lowest BCUT2D eigenvalue weighted by atomic mass is 10.0. The minimum Gasteiger partial charge on any atom is -0.355 e. The van der Waals surface area contributed by atoms with Crippen molar-refractivity contribution < 1.29 is 0 Å². The van der Waals surface area contributed by atoms with Crippen LogP contribution in [0.5, 0.6) is 0 Å². The van der Waals surface area contributed by atoms with Crippen LogP contribution in [0.4, 0.5) is 5.82 Å². The lowest BCUT2D eigenvalue weighted by Gasteiger charge is -2.39. The van der Waals surface area contributed by atoms with Gasteiger partial charge in [-0.25, -0.2) is 9.97 Å². The summed E-state index contributed by atoms with van der Waals surface area (Å²) in [6, 6.07) is 2.09. The fraction of sp³-hybridized carbons (Fsp3) is 0.400. The molecule has 0 atom stereocenters. The van der Waals surface area contributed by atoms with E-state index in [1.54, 1.807) is 17.7 Å². The third kappa shape index (κ3) is 1.39. The van der Waals surface area contributed by atoms with Crippen LogP contribution in [-0.4, -0.2) is 29.6 Å². The summed E-state index contributed by atoms with van der Waals surface area (Å²) in [5.41, 5.74) is 5.61. The van der Waals surface area contributed by atoms with Gasteiger partial charge in [0.2, 0.25) is 0 Å². The molecular formula is C10H12N4S. The molecule has 1 aliphatic heterocycles. The van der Waals surface area contributed by atoms with Crippen LogP contribution >= 0.6 is 11.3 Å². The van der Waals surface area contributed by atoms with E-state index in [4.69, 9.17) is 5.73 Å². The van der Waals surface area contributed by atoms with E-state index in [0.717, 1.165) is 35.7 Å². The molecule has 1 aliphatic rings. The number of anilines is 1. The summed E-state index contributed by atoms with van der Waals surface area (Å²) in [4.78, 5) is 11.9. The number of fused-ring (bicyclic) bond motifs is 1. The Morgan fingerprint density at radius 1 is 1.47 bits per heavy atom. The molecule has 0 aromatic carbocycles. The standard InChI is InChI=1S/C10H12N4S/c11-3-7-4-14(5-7)9-8-1-2-15-10(8)13-6-12-9/h1-2,6-7H,3-5,11H2. The summed E-state index contributed by atoms with van der Waals surface area (Å²) < 4.78 is 0. The topological polar surface area (TPSA) is 55.0 Å². The van der Waals surface area contributed by atoms with Gasteiger partial charge in [-0.15, -0.1) is 11.3 Å². The summed E-state index contributed by atoms with van der Waals surface area (Å²) in [6.45, 7) is 2.82. The molecule has 3 heterocycles. The maximum absolute atomic E-state index is 5.61. The number of thiophene rings is 1. The molecule has 0 radical (unpaired) electrons. The van der Waals surface area contributed by atoms with Gasteiger partial charge in [-0.2, -0.15) is 0 Å². The molecular weight excluding hydrogens is 208 g/mol. The average Bonchev–Trinajstić information content (AvgIpc) is 2.64. The third-order valence-electron chi connectivity index (χ3n) is 2.83. The predicted molar refractivity (Wildman–Crippen MR) is 62.2 cm³/mol. The van der Waals surface area contributed by atoms with Crippen molar-refractivity contribution in [3.63, 3.8) is 0 Å². The zero-order valence-corrected chi connectivity index (χ0v) is 9.07. The van der Waals surface area contributed by atoms with Gasteiger partial charge < -0.3 is 10.6 Å². The minimum atomic E-state index is 0.633.